The fraction of sp³-hybridized carbons (Fsp3) is 1.00. The normalized spacial score (nSPS) is 35.3. The molecule has 9 heavy (non-hydrogen) atoms. The smallest absolute Gasteiger partial charge is 0.0586 e. The highest BCUT2D eigenvalue weighted by atomic mass is 16.5. The summed E-state index contributed by atoms with van der Waals surface area (Å²) in [6.07, 6.45) is 1.77. The maximum absolute atomic E-state index is 9.00. The largest absolute Gasteiger partial charge is 0.393 e. The maximum Gasteiger partial charge on any atom is 0.0586 e. The van der Waals surface area contributed by atoms with Crippen LogP contribution in [0.4, 0.5) is 0 Å². The van der Waals surface area contributed by atoms with Crippen LogP contribution in [-0.2, 0) is 4.74 Å². The van der Waals surface area contributed by atoms with E-state index in [1.54, 1.807) is 0 Å². The third-order valence-electron chi connectivity index (χ3n) is 1.46. The zero-order chi connectivity index (χ0) is 5.98. The van der Waals surface area contributed by atoms with Crippen LogP contribution in [0.25, 0.3) is 0 Å². The highest BCUT2D eigenvalue weighted by molar-refractivity contribution is 4.65. The first-order chi connectivity index (χ1) is 3.79. The minimum Gasteiger partial charge on any atom is -0.393 e. The molecule has 1 N–H and O–H groups in total. The Hall–Kier alpha value is -0.0800. The number of hydrogen-bond donors (Lipinski definition) is 1. The second-order valence-corrected chi connectivity index (χ2v) is 2.36. The van der Waals surface area contributed by atoms with E-state index in [0.29, 0.717) is 0 Å². The molecular formula is C7H16O2. The fourth-order valence-corrected chi connectivity index (χ4v) is 0.974. The van der Waals surface area contributed by atoms with Crippen LogP contribution in [0.1, 0.15) is 27.2 Å². The van der Waals surface area contributed by atoms with Crippen LogP contribution in [0.5, 0.6) is 0 Å². The molecule has 1 aliphatic heterocycles. The Morgan fingerprint density at radius 2 is 2.22 bits per heavy atom. The average Bonchev–Trinajstić information content (AvgIpc) is 1.64. The Morgan fingerprint density at radius 3 is 2.56 bits per heavy atom. The van der Waals surface area contributed by atoms with Gasteiger partial charge >= 0.3 is 0 Å². The lowest BCUT2D eigenvalue weighted by Crippen LogP contribution is -2.26. The molecule has 1 saturated heterocycles. The first kappa shape index (κ1) is 8.92. The summed E-state index contributed by atoms with van der Waals surface area (Å²) in [6, 6.07) is 0. The molecule has 2 nitrogen and oxygen atoms in total. The quantitative estimate of drug-likeness (QED) is 0.536. The van der Waals surface area contributed by atoms with Gasteiger partial charge in [0.25, 0.3) is 0 Å². The van der Waals surface area contributed by atoms with Crippen molar-refractivity contribution in [2.75, 3.05) is 6.61 Å². The van der Waals surface area contributed by atoms with Gasteiger partial charge in [0.2, 0.25) is 0 Å². The molecular weight excluding hydrogens is 116 g/mol. The van der Waals surface area contributed by atoms with E-state index < -0.39 is 0 Å². The Bertz CT molecular complexity index is 65.3. The third kappa shape index (κ3) is 2.82. The molecule has 0 saturated carbocycles. The van der Waals surface area contributed by atoms with Crippen molar-refractivity contribution in [3.63, 3.8) is 0 Å². The summed E-state index contributed by atoms with van der Waals surface area (Å²) < 4.78 is 5.19. The summed E-state index contributed by atoms with van der Waals surface area (Å²) in [5.41, 5.74) is 0. The number of hydrogen-bond acceptors (Lipinski definition) is 2. The summed E-state index contributed by atoms with van der Waals surface area (Å²) in [5, 5.41) is 9.00. The van der Waals surface area contributed by atoms with E-state index >= 15 is 0 Å². The molecule has 0 radical (unpaired) electrons. The van der Waals surface area contributed by atoms with Gasteiger partial charge in [-0.05, 0) is 19.8 Å². The van der Waals surface area contributed by atoms with E-state index in [4.69, 9.17) is 9.84 Å². The van der Waals surface area contributed by atoms with Crippen molar-refractivity contribution in [3.05, 3.63) is 0 Å². The minimum absolute atomic E-state index is 0. The predicted octanol–water partition coefficient (Wildman–Crippen LogP) is 1.18. The van der Waals surface area contributed by atoms with Crippen molar-refractivity contribution in [2.24, 2.45) is 0 Å². The summed E-state index contributed by atoms with van der Waals surface area (Å²) in [6.45, 7) is 2.71. The predicted molar refractivity (Wildman–Crippen MR) is 37.4 cm³/mol. The van der Waals surface area contributed by atoms with Gasteiger partial charge in [-0.3, -0.25) is 0 Å². The molecule has 1 aliphatic rings. The highest BCUT2D eigenvalue weighted by Gasteiger charge is 2.15. The van der Waals surface area contributed by atoms with Gasteiger partial charge < -0.3 is 9.84 Å². The van der Waals surface area contributed by atoms with Gasteiger partial charge in [0.05, 0.1) is 12.2 Å². The molecule has 56 valence electrons. The van der Waals surface area contributed by atoms with Gasteiger partial charge in [-0.15, -0.1) is 0 Å². The molecule has 1 fully saturated rings. The maximum atomic E-state index is 9.00. The molecule has 2 heteroatoms. The first-order valence-corrected chi connectivity index (χ1v) is 3.08. The topological polar surface area (TPSA) is 29.5 Å². The van der Waals surface area contributed by atoms with Crippen LogP contribution in [0.2, 0.25) is 0 Å². The standard InChI is InChI=1S/C6H12O2.CH4/c1-5-4-6(7)2-3-8-5;/h5-7H,2-4H2,1H3;1H4. The van der Waals surface area contributed by atoms with Crippen LogP contribution in [0.3, 0.4) is 0 Å². The lowest BCUT2D eigenvalue weighted by Gasteiger charge is -2.22. The second-order valence-electron chi connectivity index (χ2n) is 2.36. The SMILES string of the molecule is C.CC1CC(O)CCO1. The molecule has 0 amide bonds. The van der Waals surface area contributed by atoms with E-state index in [-0.39, 0.29) is 19.6 Å². The molecule has 0 aromatic heterocycles. The summed E-state index contributed by atoms with van der Waals surface area (Å²) >= 11 is 0. The van der Waals surface area contributed by atoms with E-state index in [1.165, 1.54) is 0 Å². The number of ether oxygens (including phenoxy) is 1. The lowest BCUT2D eigenvalue weighted by atomic mass is 10.1. The van der Waals surface area contributed by atoms with Gasteiger partial charge in [-0.25, -0.2) is 0 Å². The van der Waals surface area contributed by atoms with Crippen molar-refractivity contribution >= 4 is 0 Å². The highest BCUT2D eigenvalue weighted by Crippen LogP contribution is 2.11. The van der Waals surface area contributed by atoms with Gasteiger partial charge in [0.1, 0.15) is 0 Å². The molecule has 0 spiro atoms. The minimum atomic E-state index is -0.112. The number of rotatable bonds is 0. The molecule has 0 aliphatic carbocycles. The van der Waals surface area contributed by atoms with Crippen molar-refractivity contribution in [1.29, 1.82) is 0 Å². The number of aliphatic hydroxyl groups excluding tert-OH is 1. The average molecular weight is 132 g/mol. The van der Waals surface area contributed by atoms with Crippen LogP contribution < -0.4 is 0 Å². The Kier molecular flexibility index (Phi) is 3.82. The number of aliphatic hydroxyl groups is 1. The Morgan fingerprint density at radius 1 is 1.56 bits per heavy atom. The third-order valence-corrected chi connectivity index (χ3v) is 1.46. The van der Waals surface area contributed by atoms with E-state index in [2.05, 4.69) is 0 Å². The Balaban J connectivity index is 0.000000640. The summed E-state index contributed by atoms with van der Waals surface area (Å²) in [5.74, 6) is 0. The van der Waals surface area contributed by atoms with Crippen molar-refractivity contribution in [3.8, 4) is 0 Å². The zero-order valence-electron chi connectivity index (χ0n) is 5.13. The second kappa shape index (κ2) is 3.85. The van der Waals surface area contributed by atoms with Gasteiger partial charge in [0, 0.05) is 6.61 Å². The molecule has 0 bridgehead atoms. The van der Waals surface area contributed by atoms with Gasteiger partial charge in [-0.2, -0.15) is 0 Å². The molecule has 0 aromatic carbocycles. The van der Waals surface area contributed by atoms with Gasteiger partial charge in [-0.1, -0.05) is 7.43 Å². The zero-order valence-corrected chi connectivity index (χ0v) is 5.13. The van der Waals surface area contributed by atoms with Gasteiger partial charge in [0.15, 0.2) is 0 Å². The van der Waals surface area contributed by atoms with E-state index in [9.17, 15) is 0 Å². The lowest BCUT2D eigenvalue weighted by molar-refractivity contribution is -0.0340. The van der Waals surface area contributed by atoms with Crippen molar-refractivity contribution in [1.82, 2.24) is 0 Å². The summed E-state index contributed by atoms with van der Waals surface area (Å²) in [7, 11) is 0. The molecule has 0 aromatic rings. The Labute approximate surface area is 56.8 Å². The first-order valence-electron chi connectivity index (χ1n) is 3.08. The van der Waals surface area contributed by atoms with Crippen molar-refractivity contribution in [2.45, 2.75) is 39.4 Å². The van der Waals surface area contributed by atoms with Crippen LogP contribution in [0, 0.1) is 0 Å². The van der Waals surface area contributed by atoms with Crippen LogP contribution >= 0.6 is 0 Å². The molecule has 2 unspecified atom stereocenters. The molecule has 1 rings (SSSR count). The molecule has 1 heterocycles. The monoisotopic (exact) mass is 132 g/mol. The van der Waals surface area contributed by atoms with E-state index in [1.807, 2.05) is 6.92 Å². The van der Waals surface area contributed by atoms with Crippen LogP contribution in [-0.4, -0.2) is 23.9 Å². The molecule has 2 atom stereocenters. The van der Waals surface area contributed by atoms with E-state index in [0.717, 1.165) is 19.4 Å². The fourth-order valence-electron chi connectivity index (χ4n) is 0.974. The van der Waals surface area contributed by atoms with Crippen LogP contribution in [0.15, 0.2) is 0 Å². The van der Waals surface area contributed by atoms with Crippen molar-refractivity contribution < 1.29 is 9.84 Å². The summed E-state index contributed by atoms with van der Waals surface area (Å²) in [4.78, 5) is 0.